The summed E-state index contributed by atoms with van der Waals surface area (Å²) in [5.74, 6) is 0.849. The van der Waals surface area contributed by atoms with Crippen LogP contribution in [0.5, 0.6) is 5.75 Å². The molecule has 0 saturated carbocycles. The Hall–Kier alpha value is -0.910. The lowest BCUT2D eigenvalue weighted by molar-refractivity contribution is 0.336. The number of halogens is 2. The van der Waals surface area contributed by atoms with Gasteiger partial charge in [0.2, 0.25) is 0 Å². The smallest absolute Gasteiger partial charge is 0.147 e. The molecule has 0 spiro atoms. The summed E-state index contributed by atoms with van der Waals surface area (Å²) in [5.41, 5.74) is 2.37. The third-order valence-electron chi connectivity index (χ3n) is 3.14. The molecule has 0 aliphatic rings. The van der Waals surface area contributed by atoms with Gasteiger partial charge >= 0.3 is 0 Å². The van der Waals surface area contributed by atoms with Crippen LogP contribution in [-0.2, 0) is 6.54 Å². The summed E-state index contributed by atoms with van der Waals surface area (Å²) in [7, 11) is 0. The van der Waals surface area contributed by atoms with E-state index >= 15 is 0 Å². The second-order valence-corrected chi connectivity index (χ2v) is 6.42. The summed E-state index contributed by atoms with van der Waals surface area (Å²) in [5, 5.41) is 3.50. The molecule has 0 fully saturated rings. The van der Waals surface area contributed by atoms with E-state index in [1.165, 1.54) is 11.1 Å². The number of ether oxygens (including phenoxy) is 1. The highest BCUT2D eigenvalue weighted by atomic mass is 79.9. The van der Waals surface area contributed by atoms with Gasteiger partial charge in [-0.05, 0) is 75.0 Å². The zero-order valence-corrected chi connectivity index (χ0v) is 15.2. The maximum absolute atomic E-state index is 5.59. The Bertz CT molecular complexity index is 567. The number of aromatic nitrogens is 1. The summed E-state index contributed by atoms with van der Waals surface area (Å²) >= 11 is 7.12. The molecule has 0 radical (unpaired) electrons. The minimum absolute atomic E-state index is 0.253. The van der Waals surface area contributed by atoms with E-state index in [0.717, 1.165) is 21.2 Å². The standard InChI is InChI=1S/C16H18Br2N2O/c1-3-21-16-14(17)7-12(8-15(16)18)9-20-11(2)13-5-4-6-19-10-13/h4-8,10-11,20H,3,9H2,1-2H3/t11-/m1/s1. The highest BCUT2D eigenvalue weighted by Gasteiger charge is 2.10. The molecule has 3 nitrogen and oxygen atoms in total. The van der Waals surface area contributed by atoms with E-state index in [1.54, 1.807) is 6.20 Å². The number of hydrogen-bond donors (Lipinski definition) is 1. The highest BCUT2D eigenvalue weighted by molar-refractivity contribution is 9.11. The van der Waals surface area contributed by atoms with Gasteiger partial charge in [0.1, 0.15) is 5.75 Å². The molecule has 0 saturated heterocycles. The van der Waals surface area contributed by atoms with E-state index < -0.39 is 0 Å². The van der Waals surface area contributed by atoms with Crippen LogP contribution in [-0.4, -0.2) is 11.6 Å². The number of pyridine rings is 1. The molecular formula is C16H18Br2N2O. The van der Waals surface area contributed by atoms with Crippen molar-refractivity contribution in [2.24, 2.45) is 0 Å². The van der Waals surface area contributed by atoms with Crippen LogP contribution in [0, 0.1) is 0 Å². The van der Waals surface area contributed by atoms with Gasteiger partial charge in [0.05, 0.1) is 15.6 Å². The predicted molar refractivity (Wildman–Crippen MR) is 92.5 cm³/mol. The van der Waals surface area contributed by atoms with Crippen LogP contribution in [0.4, 0.5) is 0 Å². The van der Waals surface area contributed by atoms with Crippen molar-refractivity contribution in [2.45, 2.75) is 26.4 Å². The van der Waals surface area contributed by atoms with E-state index in [9.17, 15) is 0 Å². The molecule has 1 heterocycles. The Balaban J connectivity index is 2.04. The molecule has 0 unspecified atom stereocenters. The molecular weight excluding hydrogens is 396 g/mol. The first-order valence-electron chi connectivity index (χ1n) is 6.85. The molecule has 1 N–H and O–H groups in total. The molecule has 21 heavy (non-hydrogen) atoms. The monoisotopic (exact) mass is 412 g/mol. The van der Waals surface area contributed by atoms with Gasteiger partial charge in [0.25, 0.3) is 0 Å². The number of benzene rings is 1. The maximum Gasteiger partial charge on any atom is 0.147 e. The lowest BCUT2D eigenvalue weighted by Gasteiger charge is -2.15. The highest BCUT2D eigenvalue weighted by Crippen LogP contribution is 2.34. The normalized spacial score (nSPS) is 12.2. The van der Waals surface area contributed by atoms with Crippen molar-refractivity contribution in [3.05, 3.63) is 56.7 Å². The fourth-order valence-corrected chi connectivity index (χ4v) is 3.53. The molecule has 1 aromatic carbocycles. The van der Waals surface area contributed by atoms with E-state index in [-0.39, 0.29) is 6.04 Å². The Morgan fingerprint density at radius 2 is 2.00 bits per heavy atom. The van der Waals surface area contributed by atoms with Crippen LogP contribution in [0.1, 0.15) is 31.0 Å². The van der Waals surface area contributed by atoms with Crippen LogP contribution in [0.25, 0.3) is 0 Å². The maximum atomic E-state index is 5.59. The second kappa shape index (κ2) is 7.92. The van der Waals surface area contributed by atoms with Gasteiger partial charge in [-0.3, -0.25) is 4.98 Å². The molecule has 5 heteroatoms. The number of hydrogen-bond acceptors (Lipinski definition) is 3. The van der Waals surface area contributed by atoms with Gasteiger partial charge in [-0.2, -0.15) is 0 Å². The van der Waals surface area contributed by atoms with Crippen molar-refractivity contribution in [3.8, 4) is 5.75 Å². The Morgan fingerprint density at radius 1 is 1.29 bits per heavy atom. The first kappa shape index (κ1) is 16.5. The average molecular weight is 414 g/mol. The minimum atomic E-state index is 0.253. The Kier molecular flexibility index (Phi) is 6.21. The summed E-state index contributed by atoms with van der Waals surface area (Å²) in [4.78, 5) is 4.15. The summed E-state index contributed by atoms with van der Waals surface area (Å²) in [6.45, 7) is 5.53. The van der Waals surface area contributed by atoms with E-state index in [4.69, 9.17) is 4.74 Å². The topological polar surface area (TPSA) is 34.1 Å². The number of nitrogens with zero attached hydrogens (tertiary/aromatic N) is 1. The summed E-state index contributed by atoms with van der Waals surface area (Å²) < 4.78 is 7.52. The van der Waals surface area contributed by atoms with Crippen LogP contribution in [0.15, 0.2) is 45.6 Å². The fourth-order valence-electron chi connectivity index (χ4n) is 2.02. The Morgan fingerprint density at radius 3 is 2.57 bits per heavy atom. The largest absolute Gasteiger partial charge is 0.492 e. The van der Waals surface area contributed by atoms with Gasteiger partial charge in [0.15, 0.2) is 0 Å². The molecule has 2 rings (SSSR count). The number of nitrogens with one attached hydrogen (secondary N) is 1. The van der Waals surface area contributed by atoms with E-state index in [2.05, 4.69) is 67.3 Å². The van der Waals surface area contributed by atoms with Crippen molar-refractivity contribution in [3.63, 3.8) is 0 Å². The van der Waals surface area contributed by atoms with Crippen LogP contribution in [0.3, 0.4) is 0 Å². The molecule has 1 aromatic heterocycles. The second-order valence-electron chi connectivity index (χ2n) is 4.71. The lowest BCUT2D eigenvalue weighted by Crippen LogP contribution is -2.18. The molecule has 0 bridgehead atoms. The van der Waals surface area contributed by atoms with Crippen LogP contribution < -0.4 is 10.1 Å². The Labute approximate surface area is 142 Å². The molecule has 2 aromatic rings. The van der Waals surface area contributed by atoms with E-state index in [0.29, 0.717) is 6.61 Å². The van der Waals surface area contributed by atoms with Crippen LogP contribution >= 0.6 is 31.9 Å². The third-order valence-corrected chi connectivity index (χ3v) is 4.32. The fraction of sp³-hybridized carbons (Fsp3) is 0.312. The predicted octanol–water partition coefficient (Wildman–Crippen LogP) is 4.86. The summed E-state index contributed by atoms with van der Waals surface area (Å²) in [6, 6.07) is 8.45. The van der Waals surface area contributed by atoms with Crippen molar-refractivity contribution in [2.75, 3.05) is 6.61 Å². The van der Waals surface area contributed by atoms with Gasteiger partial charge in [-0.25, -0.2) is 0 Å². The van der Waals surface area contributed by atoms with Crippen molar-refractivity contribution in [1.82, 2.24) is 10.3 Å². The number of rotatable bonds is 6. The molecule has 112 valence electrons. The van der Waals surface area contributed by atoms with Gasteiger partial charge in [0, 0.05) is 25.0 Å². The van der Waals surface area contributed by atoms with Gasteiger partial charge in [-0.1, -0.05) is 6.07 Å². The molecule has 1 atom stereocenters. The van der Waals surface area contributed by atoms with Crippen molar-refractivity contribution < 1.29 is 4.74 Å². The van der Waals surface area contributed by atoms with Gasteiger partial charge < -0.3 is 10.1 Å². The van der Waals surface area contributed by atoms with Crippen molar-refractivity contribution in [1.29, 1.82) is 0 Å². The van der Waals surface area contributed by atoms with Gasteiger partial charge in [-0.15, -0.1) is 0 Å². The quantitative estimate of drug-likeness (QED) is 0.734. The SMILES string of the molecule is CCOc1c(Br)cc(CN[C@H](C)c2cccnc2)cc1Br. The third kappa shape index (κ3) is 4.53. The van der Waals surface area contributed by atoms with Crippen molar-refractivity contribution >= 4 is 31.9 Å². The first-order valence-corrected chi connectivity index (χ1v) is 8.44. The van der Waals surface area contributed by atoms with E-state index in [1.807, 2.05) is 19.2 Å². The minimum Gasteiger partial charge on any atom is -0.492 e. The molecule has 0 aliphatic carbocycles. The molecule has 0 amide bonds. The zero-order chi connectivity index (χ0) is 15.2. The average Bonchev–Trinajstić information content (AvgIpc) is 2.49. The zero-order valence-electron chi connectivity index (χ0n) is 12.1. The summed E-state index contributed by atoms with van der Waals surface area (Å²) in [6.07, 6.45) is 3.68. The first-order chi connectivity index (χ1) is 10.1. The van der Waals surface area contributed by atoms with Crippen LogP contribution in [0.2, 0.25) is 0 Å². The molecule has 0 aliphatic heterocycles. The lowest BCUT2D eigenvalue weighted by atomic mass is 10.1.